The van der Waals surface area contributed by atoms with Crippen LogP contribution in [0.4, 0.5) is 0 Å². The topological polar surface area (TPSA) is 40.5 Å². The zero-order valence-corrected chi connectivity index (χ0v) is 10.2. The van der Waals surface area contributed by atoms with Crippen molar-refractivity contribution >= 4 is 8.07 Å². The van der Waals surface area contributed by atoms with Crippen molar-refractivity contribution in [1.82, 2.24) is 0 Å². The van der Waals surface area contributed by atoms with Crippen LogP contribution in [0.2, 0.25) is 19.6 Å². The van der Waals surface area contributed by atoms with Gasteiger partial charge in [0.05, 0.1) is 12.2 Å². The normalized spacial score (nSPS) is 15.2. The number of aliphatic hydroxyl groups is 2. The highest BCUT2D eigenvalue weighted by Crippen LogP contribution is 2.03. The molecule has 0 radical (unpaired) electrons. The van der Waals surface area contributed by atoms with Gasteiger partial charge in [-0.1, -0.05) is 25.7 Å². The molecule has 0 aliphatic carbocycles. The van der Waals surface area contributed by atoms with E-state index in [2.05, 4.69) is 37.7 Å². The first-order valence-corrected chi connectivity index (χ1v) is 8.34. The van der Waals surface area contributed by atoms with Gasteiger partial charge in [-0.15, -0.1) is 18.0 Å². The number of hydrogen-bond donors (Lipinski definition) is 2. The molecule has 0 spiro atoms. The van der Waals surface area contributed by atoms with Crippen molar-refractivity contribution < 1.29 is 10.2 Å². The van der Waals surface area contributed by atoms with Gasteiger partial charge >= 0.3 is 0 Å². The van der Waals surface area contributed by atoms with Gasteiger partial charge in [0, 0.05) is 12.8 Å². The first kappa shape index (κ1) is 13.4. The second-order valence-electron chi connectivity index (χ2n) is 4.45. The maximum Gasteiger partial charge on any atom is 0.129 e. The van der Waals surface area contributed by atoms with Crippen LogP contribution < -0.4 is 0 Å². The highest BCUT2D eigenvalue weighted by molar-refractivity contribution is 6.83. The van der Waals surface area contributed by atoms with E-state index in [1.807, 2.05) is 0 Å². The highest BCUT2D eigenvalue weighted by Gasteiger charge is 2.09. The summed E-state index contributed by atoms with van der Waals surface area (Å²) in [6.07, 6.45) is 1.01. The van der Waals surface area contributed by atoms with E-state index in [1.54, 1.807) is 0 Å². The summed E-state index contributed by atoms with van der Waals surface area (Å²) in [6.45, 7) is 9.92. The first-order chi connectivity index (χ1) is 6.35. The smallest absolute Gasteiger partial charge is 0.129 e. The molecule has 0 saturated heterocycles. The Morgan fingerprint density at radius 2 is 1.93 bits per heavy atom. The van der Waals surface area contributed by atoms with E-state index in [0.717, 1.165) is 0 Å². The largest absolute Gasteiger partial charge is 0.392 e. The van der Waals surface area contributed by atoms with Gasteiger partial charge < -0.3 is 10.2 Å². The van der Waals surface area contributed by atoms with E-state index in [9.17, 15) is 5.11 Å². The average molecular weight is 212 g/mol. The predicted octanol–water partition coefficient (Wildman–Crippen LogP) is 1.56. The van der Waals surface area contributed by atoms with Crippen LogP contribution in [0.25, 0.3) is 0 Å². The van der Waals surface area contributed by atoms with Crippen molar-refractivity contribution in [2.24, 2.45) is 0 Å². The maximum atomic E-state index is 9.45. The summed E-state index contributed by atoms with van der Waals surface area (Å²) >= 11 is 0. The fourth-order valence-corrected chi connectivity index (χ4v) is 1.52. The fourth-order valence-electron chi connectivity index (χ4n) is 0.892. The summed E-state index contributed by atoms with van der Waals surface area (Å²) in [6, 6.07) is 0. The molecule has 2 atom stereocenters. The van der Waals surface area contributed by atoms with Gasteiger partial charge in [-0.05, 0) is 0 Å². The quantitative estimate of drug-likeness (QED) is 0.422. The molecule has 14 heavy (non-hydrogen) atoms. The van der Waals surface area contributed by atoms with E-state index in [-0.39, 0.29) is 0 Å². The molecule has 2 N–H and O–H groups in total. The van der Waals surface area contributed by atoms with Crippen molar-refractivity contribution in [2.75, 3.05) is 0 Å². The Morgan fingerprint density at radius 1 is 1.36 bits per heavy atom. The molecule has 0 rings (SSSR count). The van der Waals surface area contributed by atoms with Gasteiger partial charge in [0.15, 0.2) is 0 Å². The van der Waals surface area contributed by atoms with E-state index in [0.29, 0.717) is 12.8 Å². The highest BCUT2D eigenvalue weighted by atomic mass is 28.3. The van der Waals surface area contributed by atoms with Gasteiger partial charge in [-0.3, -0.25) is 0 Å². The molecule has 0 aliphatic heterocycles. The van der Waals surface area contributed by atoms with E-state index < -0.39 is 20.3 Å². The lowest BCUT2D eigenvalue weighted by Gasteiger charge is -2.10. The summed E-state index contributed by atoms with van der Waals surface area (Å²) in [5.41, 5.74) is 3.17. The van der Waals surface area contributed by atoms with Crippen molar-refractivity contribution in [3.05, 3.63) is 12.7 Å². The summed E-state index contributed by atoms with van der Waals surface area (Å²) in [7, 11) is -1.33. The Hall–Kier alpha value is -0.563. The summed E-state index contributed by atoms with van der Waals surface area (Å²) < 4.78 is 0. The number of hydrogen-bond acceptors (Lipinski definition) is 2. The van der Waals surface area contributed by atoms with Crippen molar-refractivity contribution in [2.45, 2.75) is 44.7 Å². The van der Waals surface area contributed by atoms with Gasteiger partial charge in [-0.2, -0.15) is 0 Å². The van der Waals surface area contributed by atoms with Crippen LogP contribution in [-0.2, 0) is 0 Å². The minimum Gasteiger partial charge on any atom is -0.392 e. The molecule has 80 valence electrons. The molecular weight excluding hydrogens is 192 g/mol. The zero-order valence-electron chi connectivity index (χ0n) is 9.25. The average Bonchev–Trinajstić information content (AvgIpc) is 2.01. The second-order valence-corrected chi connectivity index (χ2v) is 9.20. The van der Waals surface area contributed by atoms with E-state index in [4.69, 9.17) is 5.11 Å². The predicted molar refractivity (Wildman–Crippen MR) is 62.6 cm³/mol. The molecule has 0 fully saturated rings. The Labute approximate surface area is 87.7 Å². The van der Waals surface area contributed by atoms with Crippen LogP contribution in [0.15, 0.2) is 12.7 Å². The summed E-state index contributed by atoms with van der Waals surface area (Å²) in [5, 5.41) is 18.6. The first-order valence-electron chi connectivity index (χ1n) is 4.84. The van der Waals surface area contributed by atoms with Crippen LogP contribution in [0.3, 0.4) is 0 Å². The molecule has 3 heteroatoms. The van der Waals surface area contributed by atoms with Crippen LogP contribution >= 0.6 is 0 Å². The van der Waals surface area contributed by atoms with Crippen LogP contribution in [-0.4, -0.2) is 30.5 Å². The van der Waals surface area contributed by atoms with Crippen LogP contribution in [0.1, 0.15) is 12.8 Å². The third-order valence-corrected chi connectivity index (χ3v) is 2.51. The molecule has 0 amide bonds. The van der Waals surface area contributed by atoms with Crippen LogP contribution in [0, 0.1) is 11.5 Å². The minimum absolute atomic E-state index is 0.323. The third kappa shape index (κ3) is 8.05. The van der Waals surface area contributed by atoms with Crippen molar-refractivity contribution in [1.29, 1.82) is 0 Å². The van der Waals surface area contributed by atoms with E-state index >= 15 is 0 Å². The Bertz CT molecular complexity index is 232. The zero-order chi connectivity index (χ0) is 11.2. The van der Waals surface area contributed by atoms with Gasteiger partial charge in [0.25, 0.3) is 0 Å². The Kier molecular flexibility index (Phi) is 5.78. The lowest BCUT2D eigenvalue weighted by molar-refractivity contribution is 0.108. The molecule has 0 aromatic carbocycles. The van der Waals surface area contributed by atoms with Crippen LogP contribution in [0.5, 0.6) is 0 Å². The molecular formula is C11H20O2Si. The molecule has 2 nitrogen and oxygen atoms in total. The molecule has 0 heterocycles. The monoisotopic (exact) mass is 212 g/mol. The number of aliphatic hydroxyl groups excluding tert-OH is 2. The van der Waals surface area contributed by atoms with Gasteiger partial charge in [-0.25, -0.2) is 0 Å². The lowest BCUT2D eigenvalue weighted by Crippen LogP contribution is -2.18. The molecule has 0 aromatic rings. The summed E-state index contributed by atoms with van der Waals surface area (Å²) in [4.78, 5) is 0. The Balaban J connectivity index is 3.88. The molecule has 0 aliphatic rings. The minimum atomic E-state index is -1.33. The van der Waals surface area contributed by atoms with E-state index in [1.165, 1.54) is 6.08 Å². The number of rotatable bonds is 4. The van der Waals surface area contributed by atoms with Gasteiger partial charge in [0.1, 0.15) is 8.07 Å². The van der Waals surface area contributed by atoms with Gasteiger partial charge in [0.2, 0.25) is 0 Å². The maximum absolute atomic E-state index is 9.45. The fraction of sp³-hybridized carbons (Fsp3) is 0.636. The molecule has 0 unspecified atom stereocenters. The van der Waals surface area contributed by atoms with Crippen molar-refractivity contribution in [3.8, 4) is 11.5 Å². The van der Waals surface area contributed by atoms with Crippen molar-refractivity contribution in [3.63, 3.8) is 0 Å². The molecule has 0 saturated carbocycles. The molecule has 0 aromatic heterocycles. The molecule has 0 bridgehead atoms. The second kappa shape index (κ2) is 6.02. The lowest BCUT2D eigenvalue weighted by atomic mass is 10.1. The summed E-state index contributed by atoms with van der Waals surface area (Å²) in [5.74, 6) is 2.97. The third-order valence-electron chi connectivity index (χ3n) is 1.59. The standard InChI is InChI=1S/C11H20O2Si/c1-5-10(12)9-11(13)7-6-8-14(2,3)4/h5,10-13H,1,7,9H2,2-4H3/t10-,11-/m1/s1. The Morgan fingerprint density at radius 3 is 2.36 bits per heavy atom. The SMILES string of the molecule is C=C[C@@H](O)C[C@H](O)CC#C[Si](C)(C)C.